The van der Waals surface area contributed by atoms with Gasteiger partial charge in [0.15, 0.2) is 5.65 Å². The monoisotopic (exact) mass is 360 g/mol. The zero-order chi connectivity index (χ0) is 18.2. The van der Waals surface area contributed by atoms with Crippen LogP contribution in [0.2, 0.25) is 0 Å². The van der Waals surface area contributed by atoms with Gasteiger partial charge in [0.25, 0.3) is 0 Å². The number of hydrogen-bond acceptors (Lipinski definition) is 4. The van der Waals surface area contributed by atoms with E-state index in [1.54, 1.807) is 0 Å². The summed E-state index contributed by atoms with van der Waals surface area (Å²) in [7, 11) is 0. The second-order valence-electron chi connectivity index (χ2n) is 7.22. The smallest absolute Gasteiger partial charge is 0.161 e. The van der Waals surface area contributed by atoms with E-state index >= 15 is 0 Å². The van der Waals surface area contributed by atoms with Crippen molar-refractivity contribution in [2.75, 3.05) is 18.4 Å². The molecule has 4 heterocycles. The highest BCUT2D eigenvalue weighted by Gasteiger charge is 2.18. The standard InChI is InChI=1S/C21H24N6/c1-2-14-11-24-27-20(25-15-6-5-9-22-12-15)10-19(26-21(14)27)17-13-23-18-8-4-3-7-16(17)18/h3-4,7-8,10-11,13,15,22-23,25H,2,5-6,9,12H2,1H3/t15-/m0/s1. The van der Waals surface area contributed by atoms with E-state index in [4.69, 9.17) is 4.98 Å². The molecule has 0 spiro atoms. The van der Waals surface area contributed by atoms with Crippen LogP contribution in [0.15, 0.2) is 42.7 Å². The average molecular weight is 360 g/mol. The second kappa shape index (κ2) is 6.70. The highest BCUT2D eigenvalue weighted by Crippen LogP contribution is 2.30. The quantitative estimate of drug-likeness (QED) is 0.520. The van der Waals surface area contributed by atoms with E-state index in [9.17, 15) is 0 Å². The van der Waals surface area contributed by atoms with Crippen molar-refractivity contribution in [2.24, 2.45) is 0 Å². The second-order valence-corrected chi connectivity index (χ2v) is 7.22. The topological polar surface area (TPSA) is 70.0 Å². The molecule has 0 radical (unpaired) electrons. The average Bonchev–Trinajstić information content (AvgIpc) is 3.32. The molecule has 1 fully saturated rings. The Morgan fingerprint density at radius 1 is 1.30 bits per heavy atom. The lowest BCUT2D eigenvalue weighted by atomic mass is 10.1. The molecule has 138 valence electrons. The van der Waals surface area contributed by atoms with Gasteiger partial charge in [0.05, 0.1) is 11.9 Å². The van der Waals surface area contributed by atoms with Gasteiger partial charge in [-0.05, 0) is 31.9 Å². The summed E-state index contributed by atoms with van der Waals surface area (Å²) in [6.45, 7) is 4.23. The first kappa shape index (κ1) is 16.3. The Morgan fingerprint density at radius 3 is 3.07 bits per heavy atom. The zero-order valence-corrected chi connectivity index (χ0v) is 15.5. The van der Waals surface area contributed by atoms with Gasteiger partial charge >= 0.3 is 0 Å². The van der Waals surface area contributed by atoms with Crippen LogP contribution in [0.4, 0.5) is 5.82 Å². The van der Waals surface area contributed by atoms with Crippen molar-refractivity contribution >= 4 is 22.4 Å². The number of rotatable bonds is 4. The Balaban J connectivity index is 1.65. The lowest BCUT2D eigenvalue weighted by molar-refractivity contribution is 0.478. The van der Waals surface area contributed by atoms with Crippen molar-refractivity contribution in [3.8, 4) is 11.3 Å². The van der Waals surface area contributed by atoms with Crippen LogP contribution in [0.5, 0.6) is 0 Å². The Kier molecular flexibility index (Phi) is 4.05. The Labute approximate surface area is 158 Å². The van der Waals surface area contributed by atoms with Crippen LogP contribution in [0.3, 0.4) is 0 Å². The highest BCUT2D eigenvalue weighted by molar-refractivity contribution is 5.95. The van der Waals surface area contributed by atoms with Crippen LogP contribution in [0, 0.1) is 0 Å². The number of aromatic amines is 1. The van der Waals surface area contributed by atoms with Crippen molar-refractivity contribution in [3.05, 3.63) is 48.3 Å². The fraction of sp³-hybridized carbons (Fsp3) is 0.333. The molecule has 1 aliphatic rings. The predicted octanol–water partition coefficient (Wildman–Crippen LogP) is 3.60. The first-order valence-electron chi connectivity index (χ1n) is 9.75. The van der Waals surface area contributed by atoms with Gasteiger partial charge in [-0.1, -0.05) is 25.1 Å². The predicted molar refractivity (Wildman–Crippen MR) is 109 cm³/mol. The summed E-state index contributed by atoms with van der Waals surface area (Å²) in [5.74, 6) is 1.01. The molecule has 5 rings (SSSR count). The van der Waals surface area contributed by atoms with Crippen molar-refractivity contribution in [1.29, 1.82) is 0 Å². The number of piperidine rings is 1. The minimum Gasteiger partial charge on any atom is -0.366 e. The molecular weight excluding hydrogens is 336 g/mol. The summed E-state index contributed by atoms with van der Waals surface area (Å²) in [4.78, 5) is 8.34. The molecule has 0 aliphatic carbocycles. The van der Waals surface area contributed by atoms with Gasteiger partial charge < -0.3 is 15.6 Å². The summed E-state index contributed by atoms with van der Waals surface area (Å²) in [6, 6.07) is 10.9. The van der Waals surface area contributed by atoms with E-state index in [0.29, 0.717) is 6.04 Å². The Hall–Kier alpha value is -2.86. The number of H-pyrrole nitrogens is 1. The fourth-order valence-corrected chi connectivity index (χ4v) is 3.97. The van der Waals surface area contributed by atoms with Crippen molar-refractivity contribution in [1.82, 2.24) is 24.9 Å². The van der Waals surface area contributed by atoms with Crippen LogP contribution in [-0.4, -0.2) is 38.7 Å². The van der Waals surface area contributed by atoms with Crippen molar-refractivity contribution < 1.29 is 0 Å². The Bertz CT molecular complexity index is 1090. The van der Waals surface area contributed by atoms with Crippen molar-refractivity contribution in [2.45, 2.75) is 32.2 Å². The van der Waals surface area contributed by atoms with E-state index in [2.05, 4.69) is 64.2 Å². The number of nitrogens with one attached hydrogen (secondary N) is 3. The Morgan fingerprint density at radius 2 is 2.22 bits per heavy atom. The van der Waals surface area contributed by atoms with Crippen molar-refractivity contribution in [3.63, 3.8) is 0 Å². The van der Waals surface area contributed by atoms with E-state index in [0.717, 1.165) is 47.7 Å². The van der Waals surface area contributed by atoms with Gasteiger partial charge in [-0.25, -0.2) is 4.98 Å². The van der Waals surface area contributed by atoms with Gasteiger partial charge in [0.2, 0.25) is 0 Å². The molecular formula is C21H24N6. The third-order valence-electron chi connectivity index (χ3n) is 5.44. The third-order valence-corrected chi connectivity index (χ3v) is 5.44. The number of aromatic nitrogens is 4. The molecule has 0 bridgehead atoms. The van der Waals surface area contributed by atoms with Gasteiger partial charge in [-0.3, -0.25) is 0 Å². The lowest BCUT2D eigenvalue weighted by Crippen LogP contribution is -2.38. The largest absolute Gasteiger partial charge is 0.366 e. The molecule has 6 nitrogen and oxygen atoms in total. The summed E-state index contributed by atoms with van der Waals surface area (Å²) in [6.07, 6.45) is 7.27. The molecule has 6 heteroatoms. The first-order valence-corrected chi connectivity index (χ1v) is 9.75. The number of hydrogen-bond donors (Lipinski definition) is 3. The van der Waals surface area contributed by atoms with E-state index < -0.39 is 0 Å². The van der Waals surface area contributed by atoms with Gasteiger partial charge in [0, 0.05) is 46.9 Å². The molecule has 4 aromatic rings. The number of fused-ring (bicyclic) bond motifs is 2. The van der Waals surface area contributed by atoms with Gasteiger partial charge in [0.1, 0.15) is 5.82 Å². The summed E-state index contributed by atoms with van der Waals surface area (Å²) in [5.41, 5.74) is 5.33. The number of benzene rings is 1. The summed E-state index contributed by atoms with van der Waals surface area (Å²) < 4.78 is 1.95. The van der Waals surface area contributed by atoms with Crippen LogP contribution in [0.25, 0.3) is 27.8 Å². The lowest BCUT2D eigenvalue weighted by Gasteiger charge is -2.25. The number of nitrogens with zero attached hydrogens (tertiary/aromatic N) is 3. The normalized spacial score (nSPS) is 17.6. The molecule has 1 aliphatic heterocycles. The van der Waals surface area contributed by atoms with Gasteiger partial charge in [-0.15, -0.1) is 0 Å². The van der Waals surface area contributed by atoms with E-state index in [1.165, 1.54) is 23.8 Å². The first-order chi connectivity index (χ1) is 13.3. The molecule has 0 unspecified atom stereocenters. The molecule has 3 N–H and O–H groups in total. The maximum Gasteiger partial charge on any atom is 0.161 e. The minimum absolute atomic E-state index is 0.412. The minimum atomic E-state index is 0.412. The number of aryl methyl sites for hydroxylation is 1. The molecule has 0 saturated carbocycles. The molecule has 1 aromatic carbocycles. The van der Waals surface area contributed by atoms with Crippen LogP contribution >= 0.6 is 0 Å². The van der Waals surface area contributed by atoms with E-state index in [1.807, 2.05) is 10.7 Å². The van der Waals surface area contributed by atoms with Crippen LogP contribution < -0.4 is 10.6 Å². The third kappa shape index (κ3) is 2.86. The van der Waals surface area contributed by atoms with Gasteiger partial charge in [-0.2, -0.15) is 9.61 Å². The van der Waals surface area contributed by atoms with Crippen LogP contribution in [-0.2, 0) is 6.42 Å². The SMILES string of the molecule is CCc1cnn2c(N[C@H]3CCCNC3)cc(-c3c[nH]c4ccccc34)nc12. The maximum atomic E-state index is 4.98. The number of para-hydroxylation sites is 1. The molecule has 27 heavy (non-hydrogen) atoms. The molecule has 3 aromatic heterocycles. The highest BCUT2D eigenvalue weighted by atomic mass is 15.3. The summed E-state index contributed by atoms with van der Waals surface area (Å²) in [5, 5.41) is 13.0. The molecule has 1 saturated heterocycles. The van der Waals surface area contributed by atoms with E-state index in [-0.39, 0.29) is 0 Å². The molecule has 1 atom stereocenters. The fourth-order valence-electron chi connectivity index (χ4n) is 3.97. The summed E-state index contributed by atoms with van der Waals surface area (Å²) >= 11 is 0. The van der Waals surface area contributed by atoms with Crippen LogP contribution in [0.1, 0.15) is 25.3 Å². The maximum absolute atomic E-state index is 4.98. The zero-order valence-electron chi connectivity index (χ0n) is 15.5. The molecule has 0 amide bonds. The number of anilines is 1.